The molecule has 1 aromatic heterocycles. The lowest BCUT2D eigenvalue weighted by Gasteiger charge is -2.41. The predicted molar refractivity (Wildman–Crippen MR) is 142 cm³/mol. The highest BCUT2D eigenvalue weighted by atomic mass is 32.1. The summed E-state index contributed by atoms with van der Waals surface area (Å²) in [5, 5.41) is 0. The maximum Gasteiger partial charge on any atom is 0.108 e. The summed E-state index contributed by atoms with van der Waals surface area (Å²) in [4.78, 5) is 0. The van der Waals surface area contributed by atoms with E-state index in [1.54, 1.807) is 5.56 Å². The van der Waals surface area contributed by atoms with Crippen LogP contribution in [0.4, 0.5) is 0 Å². The summed E-state index contributed by atoms with van der Waals surface area (Å²) in [5.41, 5.74) is 7.75. The molecule has 2 aromatic rings. The van der Waals surface area contributed by atoms with Crippen LogP contribution in [-0.4, -0.2) is 8.75 Å². The van der Waals surface area contributed by atoms with E-state index in [4.69, 9.17) is 8.75 Å². The second kappa shape index (κ2) is 9.59. The first-order valence-corrected chi connectivity index (χ1v) is 14.9. The van der Waals surface area contributed by atoms with E-state index in [9.17, 15) is 0 Å². The van der Waals surface area contributed by atoms with Gasteiger partial charge in [0.25, 0.3) is 0 Å². The lowest BCUT2D eigenvalue weighted by atomic mass is 9.64. The zero-order valence-corrected chi connectivity index (χ0v) is 22.6. The highest BCUT2D eigenvalue weighted by molar-refractivity contribution is 7.00. The van der Waals surface area contributed by atoms with Gasteiger partial charge >= 0.3 is 0 Å². The molecule has 3 aliphatic carbocycles. The van der Waals surface area contributed by atoms with Gasteiger partial charge in [0.15, 0.2) is 0 Å². The minimum Gasteiger partial charge on any atom is -0.173 e. The van der Waals surface area contributed by atoms with Crippen LogP contribution >= 0.6 is 11.7 Å². The molecule has 1 heterocycles. The van der Waals surface area contributed by atoms with Crippen molar-refractivity contribution in [3.63, 3.8) is 0 Å². The SMILES string of the molecule is CCC1CC(C)[C@@H](C)CC1c1cc(C)c(C2CCC(C)C3(CCCCC3)CC2)c2nsnc12. The number of benzene rings is 1. The monoisotopic (exact) mass is 466 g/mol. The summed E-state index contributed by atoms with van der Waals surface area (Å²) in [6.07, 6.45) is 16.8. The maximum absolute atomic E-state index is 4.98. The van der Waals surface area contributed by atoms with Gasteiger partial charge in [-0.2, -0.15) is 8.75 Å². The Balaban J connectivity index is 1.48. The third-order valence-corrected chi connectivity index (χ3v) is 11.3. The number of rotatable bonds is 3. The number of aromatic nitrogens is 2. The van der Waals surface area contributed by atoms with Gasteiger partial charge in [0, 0.05) is 0 Å². The average molecular weight is 467 g/mol. The van der Waals surface area contributed by atoms with Crippen LogP contribution in [0.2, 0.25) is 0 Å². The molecule has 0 aliphatic heterocycles. The predicted octanol–water partition coefficient (Wildman–Crippen LogP) is 9.42. The van der Waals surface area contributed by atoms with Gasteiger partial charge in [-0.05, 0) is 116 Å². The maximum atomic E-state index is 4.98. The van der Waals surface area contributed by atoms with Crippen LogP contribution in [0.3, 0.4) is 0 Å². The van der Waals surface area contributed by atoms with Crippen molar-refractivity contribution in [2.45, 2.75) is 124 Å². The van der Waals surface area contributed by atoms with Crippen molar-refractivity contribution in [3.05, 3.63) is 22.8 Å². The highest BCUT2D eigenvalue weighted by Gasteiger charge is 2.41. The van der Waals surface area contributed by atoms with Crippen molar-refractivity contribution in [2.75, 3.05) is 0 Å². The summed E-state index contributed by atoms with van der Waals surface area (Å²) in [6.45, 7) is 12.3. The molecule has 0 saturated heterocycles. The molecule has 2 nitrogen and oxygen atoms in total. The normalized spacial score (nSPS) is 35.1. The third-order valence-electron chi connectivity index (χ3n) is 10.8. The number of nitrogens with zero attached hydrogens (tertiary/aromatic N) is 2. The fourth-order valence-electron chi connectivity index (χ4n) is 8.35. The van der Waals surface area contributed by atoms with E-state index in [0.29, 0.717) is 17.3 Å². The molecule has 3 fully saturated rings. The van der Waals surface area contributed by atoms with Gasteiger partial charge in [-0.25, -0.2) is 0 Å². The minimum atomic E-state index is 0.629. The van der Waals surface area contributed by atoms with Crippen LogP contribution in [-0.2, 0) is 0 Å². The summed E-state index contributed by atoms with van der Waals surface area (Å²) < 4.78 is 9.93. The first-order chi connectivity index (χ1) is 15.9. The molecule has 5 rings (SSSR count). The summed E-state index contributed by atoms with van der Waals surface area (Å²) >= 11 is 1.46. The minimum absolute atomic E-state index is 0.629. The van der Waals surface area contributed by atoms with Crippen molar-refractivity contribution in [2.24, 2.45) is 29.1 Å². The van der Waals surface area contributed by atoms with Crippen molar-refractivity contribution in [1.82, 2.24) is 8.75 Å². The Morgan fingerprint density at radius 2 is 1.64 bits per heavy atom. The largest absolute Gasteiger partial charge is 0.173 e. The Hall–Kier alpha value is -0.960. The number of aryl methyl sites for hydroxylation is 1. The zero-order chi connectivity index (χ0) is 23.2. The average Bonchev–Trinajstić information content (AvgIpc) is 3.25. The van der Waals surface area contributed by atoms with Crippen LogP contribution in [0.15, 0.2) is 6.07 Å². The molecule has 3 aliphatic rings. The fourth-order valence-corrected chi connectivity index (χ4v) is 8.93. The first kappa shape index (κ1) is 23.8. The van der Waals surface area contributed by atoms with Crippen LogP contribution < -0.4 is 0 Å². The van der Waals surface area contributed by atoms with E-state index in [0.717, 1.165) is 23.7 Å². The molecular weight excluding hydrogens is 420 g/mol. The summed E-state index contributed by atoms with van der Waals surface area (Å²) in [7, 11) is 0. The molecule has 6 atom stereocenters. The molecule has 182 valence electrons. The van der Waals surface area contributed by atoms with Crippen molar-refractivity contribution in [1.29, 1.82) is 0 Å². The van der Waals surface area contributed by atoms with Crippen molar-refractivity contribution >= 4 is 22.8 Å². The molecule has 0 bridgehead atoms. The molecule has 5 unspecified atom stereocenters. The van der Waals surface area contributed by atoms with Crippen LogP contribution in [0.5, 0.6) is 0 Å². The Morgan fingerprint density at radius 1 is 0.909 bits per heavy atom. The first-order valence-electron chi connectivity index (χ1n) is 14.2. The fraction of sp³-hybridized carbons (Fsp3) is 0.800. The van der Waals surface area contributed by atoms with Gasteiger partial charge in [-0.3, -0.25) is 0 Å². The van der Waals surface area contributed by atoms with Gasteiger partial charge < -0.3 is 0 Å². The second-order valence-electron chi connectivity index (χ2n) is 12.5. The molecular formula is C30H46N2S. The van der Waals surface area contributed by atoms with E-state index in [-0.39, 0.29) is 0 Å². The Kier molecular flexibility index (Phi) is 6.91. The van der Waals surface area contributed by atoms with E-state index < -0.39 is 0 Å². The number of hydrogen-bond acceptors (Lipinski definition) is 3. The standard InChI is InChI=1S/C30H46N2S/c1-6-23-16-19(2)20(3)17-25(23)26-18-21(4)27(29-28(26)31-33-32-29)24-11-10-22(5)30(15-12-24)13-8-7-9-14-30/h18-20,22-25H,6-17H2,1-5H3/t19?,20-,22?,23?,24?,25?/m0/s1. The van der Waals surface area contributed by atoms with Crippen molar-refractivity contribution < 1.29 is 0 Å². The van der Waals surface area contributed by atoms with Crippen LogP contribution in [0.1, 0.15) is 133 Å². The zero-order valence-electron chi connectivity index (χ0n) is 21.8. The molecule has 0 N–H and O–H groups in total. The lowest BCUT2D eigenvalue weighted by molar-refractivity contribution is 0.0969. The summed E-state index contributed by atoms with van der Waals surface area (Å²) in [5.74, 6) is 4.63. The van der Waals surface area contributed by atoms with Crippen LogP contribution in [0.25, 0.3) is 11.0 Å². The number of fused-ring (bicyclic) bond motifs is 1. The molecule has 33 heavy (non-hydrogen) atoms. The van der Waals surface area contributed by atoms with Gasteiger partial charge in [0.05, 0.1) is 11.7 Å². The molecule has 0 radical (unpaired) electrons. The van der Waals surface area contributed by atoms with Gasteiger partial charge in [0.1, 0.15) is 11.0 Å². The van der Waals surface area contributed by atoms with Crippen LogP contribution in [0, 0.1) is 36.0 Å². The van der Waals surface area contributed by atoms with Gasteiger partial charge in [-0.1, -0.05) is 59.4 Å². The number of hydrogen-bond donors (Lipinski definition) is 0. The van der Waals surface area contributed by atoms with E-state index in [1.165, 1.54) is 111 Å². The lowest BCUT2D eigenvalue weighted by Crippen LogP contribution is -2.30. The Bertz CT molecular complexity index is 956. The molecule has 3 saturated carbocycles. The Labute approximate surface area is 206 Å². The molecule has 1 aromatic carbocycles. The van der Waals surface area contributed by atoms with Gasteiger partial charge in [-0.15, -0.1) is 0 Å². The third kappa shape index (κ3) is 4.30. The molecule has 3 heteroatoms. The second-order valence-corrected chi connectivity index (χ2v) is 13.0. The van der Waals surface area contributed by atoms with E-state index in [1.807, 2.05) is 0 Å². The smallest absolute Gasteiger partial charge is 0.108 e. The molecule has 1 spiro atoms. The van der Waals surface area contributed by atoms with Gasteiger partial charge in [0.2, 0.25) is 0 Å². The topological polar surface area (TPSA) is 25.8 Å². The van der Waals surface area contributed by atoms with E-state index >= 15 is 0 Å². The molecule has 0 amide bonds. The summed E-state index contributed by atoms with van der Waals surface area (Å²) in [6, 6.07) is 2.57. The quantitative estimate of drug-likeness (QED) is 0.450. The highest BCUT2D eigenvalue weighted by Crippen LogP contribution is 2.53. The Morgan fingerprint density at radius 3 is 2.39 bits per heavy atom. The van der Waals surface area contributed by atoms with E-state index in [2.05, 4.69) is 40.7 Å². The van der Waals surface area contributed by atoms with Crippen molar-refractivity contribution in [3.8, 4) is 0 Å².